The maximum absolute atomic E-state index is 5.89. The van der Waals surface area contributed by atoms with Crippen molar-refractivity contribution in [2.45, 2.75) is 40.4 Å². The minimum absolute atomic E-state index is 0.547. The molecule has 0 spiro atoms. The zero-order valence-electron chi connectivity index (χ0n) is 11.5. The molecule has 94 valence electrons. The fourth-order valence-electron chi connectivity index (χ4n) is 1.76. The van der Waals surface area contributed by atoms with Crippen molar-refractivity contribution in [3.63, 3.8) is 0 Å². The highest BCUT2D eigenvalue weighted by atomic mass is 16.5. The minimum atomic E-state index is 0.547. The first-order valence-corrected chi connectivity index (χ1v) is 6.37. The Labute approximate surface area is 110 Å². The van der Waals surface area contributed by atoms with Crippen LogP contribution in [-0.2, 0) is 18.0 Å². The van der Waals surface area contributed by atoms with E-state index >= 15 is 0 Å². The van der Waals surface area contributed by atoms with Crippen LogP contribution >= 0.6 is 0 Å². The zero-order chi connectivity index (χ0) is 13.7. The molecule has 2 heterocycles. The Morgan fingerprint density at radius 3 is 2.61 bits per heavy atom. The zero-order valence-corrected chi connectivity index (χ0v) is 11.5. The van der Waals surface area contributed by atoms with Gasteiger partial charge in [-0.25, -0.2) is 0 Å². The lowest BCUT2D eigenvalue weighted by molar-refractivity contribution is 0.134. The normalized spacial score (nSPS) is 13.8. The van der Waals surface area contributed by atoms with Gasteiger partial charge in [0.15, 0.2) is 0 Å². The minimum Gasteiger partial charge on any atom is -0.372 e. The lowest BCUT2D eigenvalue weighted by Crippen LogP contribution is -2.38. The summed E-state index contributed by atoms with van der Waals surface area (Å²) < 4.78 is 5.37. The highest BCUT2D eigenvalue weighted by Crippen LogP contribution is 2.11. The lowest BCUT2D eigenvalue weighted by Gasteiger charge is -2.03. The molecule has 0 N–H and O–H groups in total. The van der Waals surface area contributed by atoms with Crippen molar-refractivity contribution < 1.29 is 4.74 Å². The molecule has 1 aromatic heterocycles. The number of rotatable bonds is 2. The maximum Gasteiger partial charge on any atom is 0.142 e. The quantitative estimate of drug-likeness (QED) is 0.723. The molecule has 2 nitrogen and oxygen atoms in total. The third-order valence-corrected chi connectivity index (χ3v) is 2.88. The standard InChI is InChI=1S/C13H14BNO.C2H6/c1-4-8(2)5-12-9(3)10-6-16-7-11(10)13(14)15-12;1-2/h5H,2-4,6-7H2,1H3;1-2H3/b12-5+;. The van der Waals surface area contributed by atoms with Crippen LogP contribution in [0, 0.1) is 0 Å². The molecule has 0 amide bonds. The predicted octanol–water partition coefficient (Wildman–Crippen LogP) is 1.09. The van der Waals surface area contributed by atoms with Gasteiger partial charge < -0.3 is 4.74 Å². The molecule has 0 saturated heterocycles. The first-order valence-electron chi connectivity index (χ1n) is 6.37. The Balaban J connectivity index is 0.000000771. The van der Waals surface area contributed by atoms with Crippen LogP contribution < -0.4 is 16.2 Å². The number of ether oxygens (including phenoxy) is 1. The number of hydrogen-bond acceptors (Lipinski definition) is 2. The van der Waals surface area contributed by atoms with Gasteiger partial charge in [0.25, 0.3) is 0 Å². The van der Waals surface area contributed by atoms with Gasteiger partial charge in [0, 0.05) is 0 Å². The fraction of sp³-hybridized carbons (Fsp3) is 0.400. The van der Waals surface area contributed by atoms with Crippen LogP contribution in [0.5, 0.6) is 0 Å². The lowest BCUT2D eigenvalue weighted by atomic mass is 9.94. The molecule has 0 saturated carbocycles. The van der Waals surface area contributed by atoms with Crippen LogP contribution in [0.1, 0.15) is 38.3 Å². The van der Waals surface area contributed by atoms with E-state index in [0.717, 1.165) is 33.7 Å². The van der Waals surface area contributed by atoms with Crippen molar-refractivity contribution in [2.24, 2.45) is 0 Å². The van der Waals surface area contributed by atoms with E-state index in [0.29, 0.717) is 18.8 Å². The van der Waals surface area contributed by atoms with E-state index in [4.69, 9.17) is 12.6 Å². The second-order valence-corrected chi connectivity index (χ2v) is 3.97. The van der Waals surface area contributed by atoms with Crippen molar-refractivity contribution in [2.75, 3.05) is 0 Å². The van der Waals surface area contributed by atoms with Crippen LogP contribution in [0.25, 0.3) is 12.7 Å². The van der Waals surface area contributed by atoms with Gasteiger partial charge in [-0.1, -0.05) is 39.5 Å². The molecular formula is C15H20BNO. The summed E-state index contributed by atoms with van der Waals surface area (Å²) in [6.45, 7) is 15.2. The van der Waals surface area contributed by atoms with E-state index in [1.54, 1.807) is 0 Å². The first-order chi connectivity index (χ1) is 8.63. The fourth-order valence-corrected chi connectivity index (χ4v) is 1.76. The molecule has 3 heteroatoms. The van der Waals surface area contributed by atoms with E-state index in [-0.39, 0.29) is 0 Å². The number of pyridine rings is 1. The van der Waals surface area contributed by atoms with E-state index in [2.05, 4.69) is 25.1 Å². The molecule has 1 aliphatic rings. The molecule has 2 radical (unpaired) electrons. The topological polar surface area (TPSA) is 22.1 Å². The molecule has 0 aromatic carbocycles. The van der Waals surface area contributed by atoms with Gasteiger partial charge in [-0.3, -0.25) is 4.98 Å². The molecular weight excluding hydrogens is 221 g/mol. The number of allylic oxidation sites excluding steroid dienone is 1. The summed E-state index contributed by atoms with van der Waals surface area (Å²) in [6, 6.07) is 0. The summed E-state index contributed by atoms with van der Waals surface area (Å²) in [7, 11) is 5.89. The van der Waals surface area contributed by atoms with Crippen LogP contribution in [0.3, 0.4) is 0 Å². The highest BCUT2D eigenvalue weighted by Gasteiger charge is 2.15. The predicted molar refractivity (Wildman–Crippen MR) is 78.1 cm³/mol. The van der Waals surface area contributed by atoms with Crippen LogP contribution in [0.15, 0.2) is 12.2 Å². The third kappa shape index (κ3) is 2.91. The number of nitrogens with zero attached hydrogens (tertiary/aromatic N) is 1. The first kappa shape index (κ1) is 14.7. The smallest absolute Gasteiger partial charge is 0.142 e. The Kier molecular flexibility index (Phi) is 5.36. The maximum atomic E-state index is 5.89. The molecule has 1 aliphatic heterocycles. The van der Waals surface area contributed by atoms with Crippen LogP contribution in [0.4, 0.5) is 0 Å². The molecule has 1 aromatic rings. The SMILES string of the molecule is CC.[B]c1n/c(=C/C(=C)CC)c(=C)c2c1COC2. The average molecular weight is 241 g/mol. The van der Waals surface area contributed by atoms with Crippen molar-refractivity contribution in [1.29, 1.82) is 0 Å². The summed E-state index contributed by atoms with van der Waals surface area (Å²) in [5.41, 5.74) is 3.65. The Hall–Kier alpha value is -1.35. The summed E-state index contributed by atoms with van der Waals surface area (Å²) in [4.78, 5) is 4.35. The Morgan fingerprint density at radius 2 is 2.00 bits per heavy atom. The monoisotopic (exact) mass is 241 g/mol. The van der Waals surface area contributed by atoms with Crippen molar-refractivity contribution in [3.05, 3.63) is 33.8 Å². The second-order valence-electron chi connectivity index (χ2n) is 3.97. The molecule has 2 rings (SSSR count). The van der Waals surface area contributed by atoms with Crippen molar-refractivity contribution in [3.8, 4) is 0 Å². The largest absolute Gasteiger partial charge is 0.372 e. The molecule has 0 atom stereocenters. The third-order valence-electron chi connectivity index (χ3n) is 2.88. The molecule has 0 bridgehead atoms. The van der Waals surface area contributed by atoms with Gasteiger partial charge in [0.2, 0.25) is 0 Å². The summed E-state index contributed by atoms with van der Waals surface area (Å²) in [5, 5.41) is 1.73. The van der Waals surface area contributed by atoms with Gasteiger partial charge in [0.05, 0.1) is 18.6 Å². The van der Waals surface area contributed by atoms with Gasteiger partial charge >= 0.3 is 0 Å². The Bertz CT molecular complexity index is 549. The summed E-state index contributed by atoms with van der Waals surface area (Å²) in [5.74, 6) is 0. The van der Waals surface area contributed by atoms with Gasteiger partial charge in [-0.05, 0) is 34.4 Å². The molecule has 0 fully saturated rings. The summed E-state index contributed by atoms with van der Waals surface area (Å²) >= 11 is 0. The van der Waals surface area contributed by atoms with Crippen molar-refractivity contribution in [1.82, 2.24) is 4.98 Å². The van der Waals surface area contributed by atoms with Gasteiger partial charge in [-0.2, -0.15) is 0 Å². The number of hydrogen-bond donors (Lipinski definition) is 0. The summed E-state index contributed by atoms with van der Waals surface area (Å²) in [6.07, 6.45) is 2.84. The molecule has 0 unspecified atom stereocenters. The number of fused-ring (bicyclic) bond motifs is 1. The van der Waals surface area contributed by atoms with E-state index < -0.39 is 0 Å². The van der Waals surface area contributed by atoms with Gasteiger partial charge in [-0.15, -0.1) is 0 Å². The van der Waals surface area contributed by atoms with Crippen LogP contribution in [-0.4, -0.2) is 12.8 Å². The van der Waals surface area contributed by atoms with Gasteiger partial charge in [0.1, 0.15) is 7.85 Å². The van der Waals surface area contributed by atoms with Crippen LogP contribution in [0.2, 0.25) is 0 Å². The average Bonchev–Trinajstić information content (AvgIpc) is 2.87. The van der Waals surface area contributed by atoms with E-state index in [1.807, 2.05) is 19.9 Å². The second kappa shape index (κ2) is 6.55. The number of aromatic nitrogens is 1. The van der Waals surface area contributed by atoms with E-state index in [1.165, 1.54) is 0 Å². The molecule has 18 heavy (non-hydrogen) atoms. The Morgan fingerprint density at radius 1 is 1.39 bits per heavy atom. The molecule has 0 aliphatic carbocycles. The highest BCUT2D eigenvalue weighted by molar-refractivity contribution is 6.31. The van der Waals surface area contributed by atoms with Crippen molar-refractivity contribution >= 4 is 26.1 Å². The van der Waals surface area contributed by atoms with E-state index in [9.17, 15) is 0 Å².